The molecule has 1 aliphatic heterocycles. The number of carbonyl (C=O) groups excluding carboxylic acids is 1. The van der Waals surface area contributed by atoms with Crippen molar-refractivity contribution >= 4 is 23.2 Å². The summed E-state index contributed by atoms with van der Waals surface area (Å²) >= 11 is 5.93. The molecule has 0 fully saturated rings. The van der Waals surface area contributed by atoms with Crippen molar-refractivity contribution in [2.75, 3.05) is 18.5 Å². The minimum absolute atomic E-state index is 0.139. The molecule has 3 rings (SSSR count). The number of anilines is 1. The fourth-order valence-electron chi connectivity index (χ4n) is 2.31. The highest BCUT2D eigenvalue weighted by atomic mass is 35.5. The number of halogens is 2. The van der Waals surface area contributed by atoms with Crippen LogP contribution in [-0.4, -0.2) is 19.1 Å². The topological polar surface area (TPSA) is 47.6 Å². The molecule has 0 radical (unpaired) electrons. The predicted molar refractivity (Wildman–Crippen MR) is 85.8 cm³/mol. The number of hydrogen-bond donors (Lipinski definition) is 1. The Morgan fingerprint density at radius 3 is 2.74 bits per heavy atom. The van der Waals surface area contributed by atoms with Crippen LogP contribution in [0.3, 0.4) is 0 Å². The molecule has 6 heteroatoms. The van der Waals surface area contributed by atoms with E-state index in [0.717, 1.165) is 6.42 Å². The molecule has 0 saturated carbocycles. The third kappa shape index (κ3) is 3.74. The maximum atomic E-state index is 13.7. The zero-order chi connectivity index (χ0) is 16.2. The minimum Gasteiger partial charge on any atom is -0.490 e. The monoisotopic (exact) mass is 335 g/mol. The number of rotatable bonds is 3. The molecule has 0 spiro atoms. The van der Waals surface area contributed by atoms with E-state index < -0.39 is 5.82 Å². The molecular weight excluding hydrogens is 321 g/mol. The van der Waals surface area contributed by atoms with Crippen LogP contribution in [0.4, 0.5) is 10.1 Å². The highest BCUT2D eigenvalue weighted by Gasteiger charge is 2.14. The van der Waals surface area contributed by atoms with E-state index in [4.69, 9.17) is 21.1 Å². The number of carbonyl (C=O) groups is 1. The van der Waals surface area contributed by atoms with E-state index >= 15 is 0 Å². The first-order valence-electron chi connectivity index (χ1n) is 7.26. The predicted octanol–water partition coefficient (Wildman–Crippen LogP) is 3.82. The standard InChI is InChI=1S/C17H15ClFNO3/c18-13-3-1-4-14(19)12(13)10-17(21)20-11-5-6-15-16(9-11)23-8-2-7-22-15/h1,3-6,9H,2,7-8,10H2,(H,20,21). The quantitative estimate of drug-likeness (QED) is 0.927. The molecule has 0 bridgehead atoms. The van der Waals surface area contributed by atoms with Gasteiger partial charge in [-0.3, -0.25) is 4.79 Å². The smallest absolute Gasteiger partial charge is 0.228 e. The fourth-order valence-corrected chi connectivity index (χ4v) is 2.54. The van der Waals surface area contributed by atoms with Gasteiger partial charge < -0.3 is 14.8 Å². The molecule has 1 heterocycles. The van der Waals surface area contributed by atoms with Crippen molar-refractivity contribution in [3.63, 3.8) is 0 Å². The number of amides is 1. The Morgan fingerprint density at radius 1 is 1.17 bits per heavy atom. The van der Waals surface area contributed by atoms with E-state index in [0.29, 0.717) is 30.4 Å². The van der Waals surface area contributed by atoms with Crippen LogP contribution >= 0.6 is 11.6 Å². The molecule has 0 aromatic heterocycles. The van der Waals surface area contributed by atoms with Gasteiger partial charge in [0.1, 0.15) is 5.82 Å². The van der Waals surface area contributed by atoms with Crippen LogP contribution in [0.2, 0.25) is 5.02 Å². The van der Waals surface area contributed by atoms with Gasteiger partial charge >= 0.3 is 0 Å². The SMILES string of the molecule is O=C(Cc1c(F)cccc1Cl)Nc1ccc2c(c1)OCCCO2. The summed E-state index contributed by atoms with van der Waals surface area (Å²) in [6.07, 6.45) is 0.669. The Labute approximate surface area is 138 Å². The number of ether oxygens (including phenoxy) is 2. The van der Waals surface area contributed by atoms with Crippen LogP contribution in [0.15, 0.2) is 36.4 Å². The lowest BCUT2D eigenvalue weighted by atomic mass is 10.1. The van der Waals surface area contributed by atoms with Crippen LogP contribution in [0.1, 0.15) is 12.0 Å². The van der Waals surface area contributed by atoms with Gasteiger partial charge in [-0.2, -0.15) is 0 Å². The molecule has 0 unspecified atom stereocenters. The molecule has 23 heavy (non-hydrogen) atoms. The van der Waals surface area contributed by atoms with Gasteiger partial charge in [0.2, 0.25) is 5.91 Å². The summed E-state index contributed by atoms with van der Waals surface area (Å²) in [4.78, 5) is 12.1. The Morgan fingerprint density at radius 2 is 1.96 bits per heavy atom. The largest absolute Gasteiger partial charge is 0.490 e. The second kappa shape index (κ2) is 6.87. The van der Waals surface area contributed by atoms with Gasteiger partial charge in [-0.05, 0) is 24.3 Å². The van der Waals surface area contributed by atoms with Crippen LogP contribution in [0.5, 0.6) is 11.5 Å². The van der Waals surface area contributed by atoms with Crippen molar-refractivity contribution in [1.29, 1.82) is 0 Å². The maximum absolute atomic E-state index is 13.7. The van der Waals surface area contributed by atoms with Gasteiger partial charge in [-0.1, -0.05) is 17.7 Å². The molecule has 0 aliphatic carbocycles. The summed E-state index contributed by atoms with van der Waals surface area (Å²) in [7, 11) is 0. The van der Waals surface area contributed by atoms with E-state index in [1.807, 2.05) is 0 Å². The zero-order valence-corrected chi connectivity index (χ0v) is 13.0. The lowest BCUT2D eigenvalue weighted by Crippen LogP contribution is -2.15. The van der Waals surface area contributed by atoms with Crippen molar-refractivity contribution in [2.24, 2.45) is 0 Å². The van der Waals surface area contributed by atoms with E-state index in [2.05, 4.69) is 5.32 Å². The number of nitrogens with one attached hydrogen (secondary N) is 1. The molecule has 1 N–H and O–H groups in total. The molecule has 1 aliphatic rings. The van der Waals surface area contributed by atoms with Gasteiger partial charge in [0.05, 0.1) is 19.6 Å². The van der Waals surface area contributed by atoms with E-state index in [1.54, 1.807) is 24.3 Å². The molecule has 1 amide bonds. The Balaban J connectivity index is 1.72. The summed E-state index contributed by atoms with van der Waals surface area (Å²) in [6, 6.07) is 9.49. The third-order valence-corrected chi connectivity index (χ3v) is 3.78. The van der Waals surface area contributed by atoms with Gasteiger partial charge in [-0.15, -0.1) is 0 Å². The van der Waals surface area contributed by atoms with Gasteiger partial charge in [0.25, 0.3) is 0 Å². The molecule has 0 saturated heterocycles. The van der Waals surface area contributed by atoms with Crippen molar-refractivity contribution in [3.8, 4) is 11.5 Å². The first kappa shape index (κ1) is 15.6. The Bertz CT molecular complexity index is 716. The number of benzene rings is 2. The summed E-state index contributed by atoms with van der Waals surface area (Å²) in [5.41, 5.74) is 0.743. The van der Waals surface area contributed by atoms with E-state index in [9.17, 15) is 9.18 Å². The van der Waals surface area contributed by atoms with E-state index in [1.165, 1.54) is 12.1 Å². The van der Waals surface area contributed by atoms with Crippen LogP contribution in [0, 0.1) is 5.82 Å². The molecular formula is C17H15ClFNO3. The van der Waals surface area contributed by atoms with Crippen molar-refractivity contribution < 1.29 is 18.7 Å². The molecule has 2 aromatic rings. The lowest BCUT2D eigenvalue weighted by molar-refractivity contribution is -0.115. The second-order valence-corrected chi connectivity index (χ2v) is 5.54. The molecule has 4 nitrogen and oxygen atoms in total. The first-order chi connectivity index (χ1) is 11.1. The summed E-state index contributed by atoms with van der Waals surface area (Å²) in [6.45, 7) is 1.17. The lowest BCUT2D eigenvalue weighted by Gasteiger charge is -2.11. The van der Waals surface area contributed by atoms with Gasteiger partial charge in [0, 0.05) is 28.8 Å². The minimum atomic E-state index is -0.494. The van der Waals surface area contributed by atoms with Crippen LogP contribution < -0.4 is 14.8 Å². The normalized spacial score (nSPS) is 13.3. The van der Waals surface area contributed by atoms with Crippen LogP contribution in [-0.2, 0) is 11.2 Å². The fraction of sp³-hybridized carbons (Fsp3) is 0.235. The summed E-state index contributed by atoms with van der Waals surface area (Å²) < 4.78 is 24.8. The second-order valence-electron chi connectivity index (χ2n) is 5.14. The average molecular weight is 336 g/mol. The Kier molecular flexibility index (Phi) is 4.67. The average Bonchev–Trinajstić information content (AvgIpc) is 2.76. The van der Waals surface area contributed by atoms with Crippen molar-refractivity contribution in [2.45, 2.75) is 12.8 Å². The summed E-state index contributed by atoms with van der Waals surface area (Å²) in [5, 5.41) is 2.95. The maximum Gasteiger partial charge on any atom is 0.228 e. The van der Waals surface area contributed by atoms with Gasteiger partial charge in [0.15, 0.2) is 11.5 Å². The zero-order valence-electron chi connectivity index (χ0n) is 12.3. The van der Waals surface area contributed by atoms with E-state index in [-0.39, 0.29) is 22.9 Å². The van der Waals surface area contributed by atoms with Gasteiger partial charge in [-0.25, -0.2) is 4.39 Å². The third-order valence-electron chi connectivity index (χ3n) is 3.43. The Hall–Kier alpha value is -2.27. The van der Waals surface area contributed by atoms with Crippen LogP contribution in [0.25, 0.3) is 0 Å². The molecule has 120 valence electrons. The number of hydrogen-bond acceptors (Lipinski definition) is 3. The molecule has 2 aromatic carbocycles. The highest BCUT2D eigenvalue weighted by molar-refractivity contribution is 6.31. The first-order valence-corrected chi connectivity index (χ1v) is 7.63. The van der Waals surface area contributed by atoms with Crippen molar-refractivity contribution in [3.05, 3.63) is 52.8 Å². The highest BCUT2D eigenvalue weighted by Crippen LogP contribution is 2.32. The molecule has 0 atom stereocenters. The summed E-state index contributed by atoms with van der Waals surface area (Å²) in [5.74, 6) is 0.389. The number of fused-ring (bicyclic) bond motifs is 1. The van der Waals surface area contributed by atoms with Crippen molar-refractivity contribution in [1.82, 2.24) is 0 Å².